The lowest BCUT2D eigenvalue weighted by Crippen LogP contribution is -2.17. The Labute approximate surface area is 170 Å². The van der Waals surface area contributed by atoms with Crippen molar-refractivity contribution in [2.24, 2.45) is 10.9 Å². The Morgan fingerprint density at radius 2 is 1.83 bits per heavy atom. The largest absolute Gasteiger partial charge is 0.365 e. The minimum atomic E-state index is -4.06. The third-order valence-electron chi connectivity index (χ3n) is 3.68. The number of halogens is 2. The van der Waals surface area contributed by atoms with Gasteiger partial charge in [0, 0.05) is 11.2 Å². The molecule has 0 saturated carbocycles. The number of anilines is 4. The van der Waals surface area contributed by atoms with Crippen molar-refractivity contribution in [3.63, 3.8) is 0 Å². The summed E-state index contributed by atoms with van der Waals surface area (Å²) in [6.45, 7) is 0. The smallest absolute Gasteiger partial charge is 0.254 e. The van der Waals surface area contributed by atoms with Crippen molar-refractivity contribution < 1.29 is 17.6 Å². The van der Waals surface area contributed by atoms with Crippen LogP contribution in [-0.4, -0.2) is 24.3 Å². The average molecular weight is 437 g/mol. The van der Waals surface area contributed by atoms with Crippen molar-refractivity contribution in [2.45, 2.75) is 4.90 Å². The summed E-state index contributed by atoms with van der Waals surface area (Å²) < 4.78 is 37.5. The van der Waals surface area contributed by atoms with E-state index >= 15 is 0 Å². The second-order valence-electron chi connectivity index (χ2n) is 5.74. The average Bonchev–Trinajstić information content (AvgIpc) is 2.64. The molecular formula is C17H14ClFN6O3S. The number of rotatable bonds is 6. The fourth-order valence-electron chi connectivity index (χ4n) is 2.38. The van der Waals surface area contributed by atoms with Gasteiger partial charge in [0.05, 0.1) is 11.4 Å². The zero-order valence-corrected chi connectivity index (χ0v) is 16.1. The first kappa shape index (κ1) is 20.5. The van der Waals surface area contributed by atoms with E-state index in [9.17, 15) is 17.6 Å². The van der Waals surface area contributed by atoms with Crippen molar-refractivity contribution in [3.05, 3.63) is 65.1 Å². The molecule has 2 aromatic carbocycles. The molecule has 0 radical (unpaired) electrons. The van der Waals surface area contributed by atoms with Gasteiger partial charge in [0.1, 0.15) is 22.1 Å². The summed E-state index contributed by atoms with van der Waals surface area (Å²) in [5, 5.41) is 10.8. The van der Waals surface area contributed by atoms with Crippen molar-refractivity contribution in [3.8, 4) is 0 Å². The quantitative estimate of drug-likeness (QED) is 0.463. The van der Waals surface area contributed by atoms with E-state index in [4.69, 9.17) is 22.5 Å². The zero-order valence-electron chi connectivity index (χ0n) is 14.6. The highest BCUT2D eigenvalue weighted by Crippen LogP contribution is 2.27. The van der Waals surface area contributed by atoms with Crippen molar-refractivity contribution in [2.75, 3.05) is 10.6 Å². The highest BCUT2D eigenvalue weighted by atomic mass is 35.5. The number of nitrogens with zero attached hydrogens (tertiary/aromatic N) is 2. The van der Waals surface area contributed by atoms with Gasteiger partial charge in [-0.25, -0.2) is 22.9 Å². The summed E-state index contributed by atoms with van der Waals surface area (Å²) in [6.07, 6.45) is 1.11. The van der Waals surface area contributed by atoms with Gasteiger partial charge in [-0.1, -0.05) is 23.7 Å². The molecule has 1 aromatic heterocycles. The highest BCUT2D eigenvalue weighted by Gasteiger charge is 2.18. The van der Waals surface area contributed by atoms with Crippen LogP contribution in [0.4, 0.5) is 27.5 Å². The molecule has 0 saturated heterocycles. The number of carbonyl (C=O) groups is 1. The molecule has 0 spiro atoms. The first-order valence-electron chi connectivity index (χ1n) is 7.93. The van der Waals surface area contributed by atoms with Crippen LogP contribution in [-0.2, 0) is 10.0 Å². The number of primary amides is 1. The molecule has 0 atom stereocenters. The maximum absolute atomic E-state index is 13.9. The number of amides is 1. The number of nitrogens with two attached hydrogens (primary N) is 2. The van der Waals surface area contributed by atoms with E-state index in [0.717, 1.165) is 12.3 Å². The first-order chi connectivity index (χ1) is 13.6. The Morgan fingerprint density at radius 3 is 2.52 bits per heavy atom. The monoisotopic (exact) mass is 436 g/mol. The van der Waals surface area contributed by atoms with Gasteiger partial charge in [-0.05, 0) is 30.3 Å². The summed E-state index contributed by atoms with van der Waals surface area (Å²) in [5.41, 5.74) is 5.29. The summed E-state index contributed by atoms with van der Waals surface area (Å²) in [7, 11) is -4.06. The van der Waals surface area contributed by atoms with Gasteiger partial charge in [-0.2, -0.15) is 4.98 Å². The lowest BCUT2D eigenvalue weighted by Gasteiger charge is -2.14. The molecule has 0 aliphatic heterocycles. The molecule has 0 aliphatic carbocycles. The number of primary sulfonamides is 1. The van der Waals surface area contributed by atoms with Crippen LogP contribution in [0.3, 0.4) is 0 Å². The minimum absolute atomic E-state index is 0.000195. The molecule has 0 bridgehead atoms. The van der Waals surface area contributed by atoms with Gasteiger partial charge in [0.25, 0.3) is 5.91 Å². The topological polar surface area (TPSA) is 153 Å². The third kappa shape index (κ3) is 4.77. The van der Waals surface area contributed by atoms with Crippen molar-refractivity contribution in [1.29, 1.82) is 0 Å². The van der Waals surface area contributed by atoms with Gasteiger partial charge in [0.15, 0.2) is 0 Å². The lowest BCUT2D eigenvalue weighted by atomic mass is 10.2. The van der Waals surface area contributed by atoms with Gasteiger partial charge < -0.3 is 16.4 Å². The van der Waals surface area contributed by atoms with Crippen LogP contribution in [0.15, 0.2) is 53.6 Å². The number of hydrogen-bond acceptors (Lipinski definition) is 7. The predicted octanol–water partition coefficient (Wildman–Crippen LogP) is 2.50. The normalized spacial score (nSPS) is 11.1. The van der Waals surface area contributed by atoms with E-state index in [0.29, 0.717) is 0 Å². The number of carbonyl (C=O) groups excluding carboxylic acids is 1. The molecule has 0 aliphatic rings. The van der Waals surface area contributed by atoms with E-state index in [1.54, 1.807) is 6.07 Å². The van der Waals surface area contributed by atoms with Crippen molar-refractivity contribution >= 4 is 50.7 Å². The molecule has 3 rings (SSSR count). The van der Waals surface area contributed by atoms with Crippen LogP contribution in [0.25, 0.3) is 0 Å². The van der Waals surface area contributed by atoms with Gasteiger partial charge in [0.2, 0.25) is 16.0 Å². The number of sulfonamides is 1. The molecule has 3 aromatic rings. The van der Waals surface area contributed by atoms with E-state index in [1.165, 1.54) is 30.3 Å². The fourth-order valence-corrected chi connectivity index (χ4v) is 3.24. The third-order valence-corrected chi connectivity index (χ3v) is 4.88. The minimum Gasteiger partial charge on any atom is -0.365 e. The molecule has 29 heavy (non-hydrogen) atoms. The van der Waals surface area contributed by atoms with E-state index in [2.05, 4.69) is 20.6 Å². The predicted molar refractivity (Wildman–Crippen MR) is 106 cm³/mol. The summed E-state index contributed by atoms with van der Waals surface area (Å²) in [4.78, 5) is 19.5. The molecule has 9 nitrogen and oxygen atoms in total. The van der Waals surface area contributed by atoms with E-state index in [1.807, 2.05) is 0 Å². The molecule has 1 heterocycles. The zero-order chi connectivity index (χ0) is 21.2. The molecule has 0 unspecified atom stereocenters. The number of benzene rings is 2. The Hall–Kier alpha value is -3.28. The molecule has 1 amide bonds. The van der Waals surface area contributed by atoms with Crippen LogP contribution in [0.1, 0.15) is 10.4 Å². The second kappa shape index (κ2) is 7.99. The van der Waals surface area contributed by atoms with Gasteiger partial charge >= 0.3 is 0 Å². The first-order valence-corrected chi connectivity index (χ1v) is 9.85. The second-order valence-corrected chi connectivity index (χ2v) is 7.70. The fraction of sp³-hybridized carbons (Fsp3) is 0. The standard InChI is InChI=1S/C17H14ClFN6O3S/c18-9-5-6-11(19)13(7-9)24-17-22-8-10(15(20)26)16(25-17)23-12-3-1-2-4-14(12)29(21,27)28/h1-8H,(H2,20,26)(H2,21,27,28)(H2,22,23,24,25). The van der Waals surface area contributed by atoms with Gasteiger partial charge in [-0.3, -0.25) is 4.79 Å². The summed E-state index contributed by atoms with van der Waals surface area (Å²) >= 11 is 5.86. The number of aromatic nitrogens is 2. The SMILES string of the molecule is NC(=O)c1cnc(Nc2cc(Cl)ccc2F)nc1Nc1ccccc1S(N)(=O)=O. The Bertz CT molecular complexity index is 1210. The molecule has 6 N–H and O–H groups in total. The molecule has 12 heteroatoms. The molecular weight excluding hydrogens is 423 g/mol. The van der Waals surface area contributed by atoms with Crippen LogP contribution in [0.5, 0.6) is 0 Å². The highest BCUT2D eigenvalue weighted by molar-refractivity contribution is 7.89. The van der Waals surface area contributed by atoms with Crippen LogP contribution in [0.2, 0.25) is 5.02 Å². The number of hydrogen-bond donors (Lipinski definition) is 4. The Balaban J connectivity index is 2.03. The number of para-hydroxylation sites is 1. The van der Waals surface area contributed by atoms with Crippen molar-refractivity contribution in [1.82, 2.24) is 9.97 Å². The summed E-state index contributed by atoms with van der Waals surface area (Å²) in [6, 6.07) is 9.60. The van der Waals surface area contributed by atoms with Crippen LogP contribution in [0, 0.1) is 5.82 Å². The molecule has 0 fully saturated rings. The lowest BCUT2D eigenvalue weighted by molar-refractivity contribution is 0.100. The maximum Gasteiger partial charge on any atom is 0.254 e. The van der Waals surface area contributed by atoms with E-state index in [-0.39, 0.29) is 38.6 Å². The summed E-state index contributed by atoms with van der Waals surface area (Å²) in [5.74, 6) is -1.66. The maximum atomic E-state index is 13.9. The van der Waals surface area contributed by atoms with E-state index < -0.39 is 21.7 Å². The Kier molecular flexibility index (Phi) is 5.64. The molecule has 150 valence electrons. The van der Waals surface area contributed by atoms with Crippen LogP contribution >= 0.6 is 11.6 Å². The van der Waals surface area contributed by atoms with Gasteiger partial charge in [-0.15, -0.1) is 0 Å². The number of nitrogens with one attached hydrogen (secondary N) is 2. The van der Waals surface area contributed by atoms with Crippen LogP contribution < -0.4 is 21.5 Å². The Morgan fingerprint density at radius 1 is 1.10 bits per heavy atom.